The van der Waals surface area contributed by atoms with Crippen LogP contribution in [-0.4, -0.2) is 19.1 Å². The number of fused-ring (bicyclic) bond motifs is 1. The van der Waals surface area contributed by atoms with Crippen LogP contribution in [0.25, 0.3) is 33.7 Å². The quantitative estimate of drug-likeness (QED) is 0.555. The van der Waals surface area contributed by atoms with Crippen LogP contribution < -0.4 is 11.2 Å². The highest BCUT2D eigenvalue weighted by Gasteiger charge is 2.16. The summed E-state index contributed by atoms with van der Waals surface area (Å²) in [5.41, 5.74) is 3.12. The Labute approximate surface area is 148 Å². The summed E-state index contributed by atoms with van der Waals surface area (Å²) < 4.78 is 8.35. The fraction of sp³-hybridized carbons (Fsp3) is 0.158. The van der Waals surface area contributed by atoms with Gasteiger partial charge in [0.25, 0.3) is 5.56 Å². The molecule has 4 rings (SSSR count). The van der Waals surface area contributed by atoms with Gasteiger partial charge in [0.2, 0.25) is 5.89 Å². The highest BCUT2D eigenvalue weighted by Crippen LogP contribution is 2.27. The third-order valence-electron chi connectivity index (χ3n) is 4.54. The lowest BCUT2D eigenvalue weighted by molar-refractivity contribution is 0.619. The molecule has 0 aliphatic carbocycles. The summed E-state index contributed by atoms with van der Waals surface area (Å²) in [6.45, 7) is 1.76. The molecule has 26 heavy (non-hydrogen) atoms. The van der Waals surface area contributed by atoms with Crippen LogP contribution in [0.3, 0.4) is 0 Å². The molecule has 0 amide bonds. The van der Waals surface area contributed by atoms with Crippen LogP contribution >= 0.6 is 0 Å². The largest absolute Gasteiger partial charge is 0.436 e. The van der Waals surface area contributed by atoms with E-state index in [4.69, 9.17) is 4.42 Å². The average Bonchev–Trinajstić information content (AvgIpc) is 3.09. The van der Waals surface area contributed by atoms with Crippen LogP contribution in [0.2, 0.25) is 0 Å². The van der Waals surface area contributed by atoms with E-state index >= 15 is 0 Å². The van der Waals surface area contributed by atoms with Crippen LogP contribution in [0.15, 0.2) is 56.7 Å². The molecular weight excluding hydrogens is 332 g/mol. The van der Waals surface area contributed by atoms with Gasteiger partial charge in [-0.2, -0.15) is 0 Å². The number of hydrogen-bond acceptors (Lipinski definition) is 5. The van der Waals surface area contributed by atoms with Gasteiger partial charge in [0, 0.05) is 32.2 Å². The Bertz CT molecular complexity index is 1250. The third-order valence-corrected chi connectivity index (χ3v) is 4.54. The number of pyridine rings is 1. The maximum Gasteiger partial charge on any atom is 0.330 e. The van der Waals surface area contributed by atoms with Crippen molar-refractivity contribution in [1.82, 2.24) is 19.1 Å². The Kier molecular flexibility index (Phi) is 3.57. The fourth-order valence-electron chi connectivity index (χ4n) is 2.97. The van der Waals surface area contributed by atoms with E-state index in [-0.39, 0.29) is 11.2 Å². The average molecular weight is 348 g/mol. The van der Waals surface area contributed by atoms with Gasteiger partial charge in [0.15, 0.2) is 5.58 Å². The fourth-order valence-corrected chi connectivity index (χ4v) is 2.97. The summed E-state index contributed by atoms with van der Waals surface area (Å²) in [6, 6.07) is 9.06. The molecule has 0 fully saturated rings. The van der Waals surface area contributed by atoms with Crippen molar-refractivity contribution < 1.29 is 4.42 Å². The molecule has 7 nitrogen and oxygen atoms in total. The summed E-state index contributed by atoms with van der Waals surface area (Å²) in [4.78, 5) is 33.3. The molecule has 3 aromatic heterocycles. The molecule has 0 aliphatic rings. The summed E-state index contributed by atoms with van der Waals surface area (Å²) in [5.74, 6) is 0.468. The standard InChI is InChI=1S/C19H16N4O3/c1-11-16(18(24)23(3)19(25)22(11)2)12-6-7-15-14(9-12)21-17(26-15)13-5-4-8-20-10-13/h4-10H,1-3H3. The van der Waals surface area contributed by atoms with Crippen LogP contribution in [0.4, 0.5) is 0 Å². The lowest BCUT2D eigenvalue weighted by atomic mass is 10.1. The Morgan fingerprint density at radius 3 is 2.58 bits per heavy atom. The smallest absolute Gasteiger partial charge is 0.330 e. The number of aromatic nitrogens is 4. The van der Waals surface area contributed by atoms with Gasteiger partial charge in [-0.15, -0.1) is 0 Å². The second-order valence-corrected chi connectivity index (χ2v) is 6.11. The first-order valence-corrected chi connectivity index (χ1v) is 8.05. The van der Waals surface area contributed by atoms with Crippen LogP contribution in [-0.2, 0) is 14.1 Å². The minimum atomic E-state index is -0.349. The second kappa shape index (κ2) is 5.80. The van der Waals surface area contributed by atoms with Crippen molar-refractivity contribution in [3.05, 3.63) is 69.3 Å². The Hall–Kier alpha value is -3.48. The molecule has 7 heteroatoms. The predicted molar refractivity (Wildman–Crippen MR) is 97.9 cm³/mol. The molecule has 130 valence electrons. The summed E-state index contributed by atoms with van der Waals surface area (Å²) in [6.07, 6.45) is 3.36. The van der Waals surface area contributed by atoms with Gasteiger partial charge in [-0.1, -0.05) is 6.07 Å². The predicted octanol–water partition coefficient (Wildman–Crippen LogP) is 2.26. The zero-order chi connectivity index (χ0) is 18.4. The van der Waals surface area contributed by atoms with Crippen molar-refractivity contribution in [2.24, 2.45) is 14.1 Å². The van der Waals surface area contributed by atoms with Gasteiger partial charge in [-0.3, -0.25) is 14.3 Å². The molecule has 0 radical (unpaired) electrons. The molecular formula is C19H16N4O3. The highest BCUT2D eigenvalue weighted by molar-refractivity contribution is 5.82. The summed E-state index contributed by atoms with van der Waals surface area (Å²) in [7, 11) is 3.12. The van der Waals surface area contributed by atoms with Crippen LogP contribution in [0, 0.1) is 6.92 Å². The van der Waals surface area contributed by atoms with E-state index in [0.29, 0.717) is 33.8 Å². The zero-order valence-corrected chi connectivity index (χ0v) is 14.6. The Morgan fingerprint density at radius 1 is 1.04 bits per heavy atom. The molecule has 0 N–H and O–H groups in total. The van der Waals surface area contributed by atoms with Crippen molar-refractivity contribution in [2.45, 2.75) is 6.92 Å². The number of nitrogens with zero attached hydrogens (tertiary/aromatic N) is 4. The van der Waals surface area contributed by atoms with E-state index in [1.54, 1.807) is 44.6 Å². The summed E-state index contributed by atoms with van der Waals surface area (Å²) >= 11 is 0. The topological polar surface area (TPSA) is 82.9 Å². The van der Waals surface area contributed by atoms with Crippen LogP contribution in [0.5, 0.6) is 0 Å². The number of rotatable bonds is 2. The van der Waals surface area contributed by atoms with Gasteiger partial charge >= 0.3 is 5.69 Å². The van der Waals surface area contributed by atoms with E-state index in [1.807, 2.05) is 12.1 Å². The molecule has 0 atom stereocenters. The normalized spacial score (nSPS) is 11.2. The minimum absolute atomic E-state index is 0.332. The Morgan fingerprint density at radius 2 is 1.85 bits per heavy atom. The molecule has 0 saturated carbocycles. The molecule has 0 aliphatic heterocycles. The van der Waals surface area contributed by atoms with Crippen molar-refractivity contribution in [3.8, 4) is 22.6 Å². The molecule has 0 unspecified atom stereocenters. The van der Waals surface area contributed by atoms with Gasteiger partial charge in [-0.25, -0.2) is 9.78 Å². The van der Waals surface area contributed by atoms with Gasteiger partial charge in [0.05, 0.1) is 11.1 Å². The molecule has 0 bridgehead atoms. The SMILES string of the molecule is Cc1c(-c2ccc3oc(-c4cccnc4)nc3c2)c(=O)n(C)c(=O)n1C. The first-order chi connectivity index (χ1) is 12.5. The van der Waals surface area contributed by atoms with Crippen LogP contribution in [0.1, 0.15) is 5.69 Å². The van der Waals surface area contributed by atoms with Gasteiger partial charge in [0.1, 0.15) is 5.52 Å². The highest BCUT2D eigenvalue weighted by atomic mass is 16.3. The maximum atomic E-state index is 12.6. The number of oxazole rings is 1. The monoisotopic (exact) mass is 348 g/mol. The zero-order valence-electron chi connectivity index (χ0n) is 14.6. The molecule has 1 aromatic carbocycles. The lowest BCUT2D eigenvalue weighted by Gasteiger charge is -2.11. The van der Waals surface area contributed by atoms with E-state index in [0.717, 1.165) is 10.1 Å². The van der Waals surface area contributed by atoms with E-state index in [1.165, 1.54) is 11.6 Å². The molecule has 0 spiro atoms. The summed E-state index contributed by atoms with van der Waals surface area (Å²) in [5, 5.41) is 0. The molecule has 0 saturated heterocycles. The van der Waals surface area contributed by atoms with Crippen molar-refractivity contribution in [1.29, 1.82) is 0 Å². The van der Waals surface area contributed by atoms with Crippen molar-refractivity contribution >= 4 is 11.1 Å². The van der Waals surface area contributed by atoms with E-state index < -0.39 is 0 Å². The van der Waals surface area contributed by atoms with Gasteiger partial charge < -0.3 is 8.98 Å². The van der Waals surface area contributed by atoms with Crippen molar-refractivity contribution in [3.63, 3.8) is 0 Å². The first-order valence-electron chi connectivity index (χ1n) is 8.05. The third kappa shape index (κ3) is 2.36. The lowest BCUT2D eigenvalue weighted by Crippen LogP contribution is -2.39. The van der Waals surface area contributed by atoms with Crippen molar-refractivity contribution in [2.75, 3.05) is 0 Å². The van der Waals surface area contributed by atoms with Gasteiger partial charge in [-0.05, 0) is 36.8 Å². The van der Waals surface area contributed by atoms with E-state index in [2.05, 4.69) is 9.97 Å². The molecule has 4 aromatic rings. The first kappa shape index (κ1) is 16.0. The molecule has 3 heterocycles. The van der Waals surface area contributed by atoms with E-state index in [9.17, 15) is 9.59 Å². The second-order valence-electron chi connectivity index (χ2n) is 6.11. The minimum Gasteiger partial charge on any atom is -0.436 e. The number of benzene rings is 1. The Balaban J connectivity index is 1.92. The maximum absolute atomic E-state index is 12.6. The number of hydrogen-bond donors (Lipinski definition) is 0.